The van der Waals surface area contributed by atoms with Crippen LogP contribution in [0.4, 0.5) is 3.89 Å². The number of hydrogen-bond acceptors (Lipinski definition) is 3. The minimum absolute atomic E-state index is 0.00579. The summed E-state index contributed by atoms with van der Waals surface area (Å²) >= 11 is 0. The number of hydrogen-bond donors (Lipinski definition) is 0. The van der Waals surface area contributed by atoms with Crippen molar-refractivity contribution in [1.82, 2.24) is 4.90 Å². The van der Waals surface area contributed by atoms with Crippen molar-refractivity contribution in [3.63, 3.8) is 0 Å². The Labute approximate surface area is 70.6 Å². The second-order valence-corrected chi connectivity index (χ2v) is 4.47. The van der Waals surface area contributed by atoms with Crippen LogP contribution < -0.4 is 0 Å². The summed E-state index contributed by atoms with van der Waals surface area (Å²) in [7, 11) is -4.46. The second kappa shape index (κ2) is 3.01. The van der Waals surface area contributed by atoms with Gasteiger partial charge in [0.05, 0.1) is 0 Å². The monoisotopic (exact) mass is 195 g/mol. The lowest BCUT2D eigenvalue weighted by Crippen LogP contribution is -2.28. The Bertz CT molecular complexity index is 287. The number of halogens is 1. The van der Waals surface area contributed by atoms with Crippen LogP contribution in [0.1, 0.15) is 13.3 Å². The van der Waals surface area contributed by atoms with Crippen LogP contribution in [-0.2, 0) is 15.0 Å². The third-order valence-corrected chi connectivity index (χ3v) is 3.17. The molecule has 12 heavy (non-hydrogen) atoms. The molecule has 1 aliphatic heterocycles. The molecule has 70 valence electrons. The van der Waals surface area contributed by atoms with E-state index in [1.807, 2.05) is 0 Å². The third-order valence-electron chi connectivity index (χ3n) is 1.99. The van der Waals surface area contributed by atoms with Crippen molar-refractivity contribution in [1.29, 1.82) is 0 Å². The van der Waals surface area contributed by atoms with E-state index in [1.165, 1.54) is 11.8 Å². The minimum atomic E-state index is -4.46. The molecule has 0 aromatic carbocycles. The molecule has 0 saturated carbocycles. The van der Waals surface area contributed by atoms with Crippen molar-refractivity contribution < 1.29 is 17.1 Å². The first-order valence-electron chi connectivity index (χ1n) is 3.60. The molecule has 1 amide bonds. The van der Waals surface area contributed by atoms with E-state index in [2.05, 4.69) is 0 Å². The minimum Gasteiger partial charge on any atom is -0.341 e. The van der Waals surface area contributed by atoms with E-state index in [4.69, 9.17) is 0 Å². The number of rotatable bonds is 1. The van der Waals surface area contributed by atoms with Gasteiger partial charge in [-0.2, -0.15) is 8.42 Å². The van der Waals surface area contributed by atoms with Crippen molar-refractivity contribution in [3.05, 3.63) is 0 Å². The van der Waals surface area contributed by atoms with E-state index in [-0.39, 0.29) is 18.9 Å². The molecule has 1 aliphatic rings. The van der Waals surface area contributed by atoms with Gasteiger partial charge >= 0.3 is 10.2 Å². The smallest absolute Gasteiger partial charge is 0.307 e. The number of carbonyl (C=O) groups is 1. The largest absolute Gasteiger partial charge is 0.341 e. The molecule has 0 N–H and O–H groups in total. The van der Waals surface area contributed by atoms with Crippen LogP contribution in [0.2, 0.25) is 0 Å². The van der Waals surface area contributed by atoms with E-state index in [9.17, 15) is 17.1 Å². The maximum atomic E-state index is 12.4. The zero-order valence-electron chi connectivity index (χ0n) is 6.66. The fraction of sp³-hybridized carbons (Fsp3) is 0.833. The molecule has 0 aromatic heterocycles. The average Bonchev–Trinajstić information content (AvgIpc) is 2.30. The Balaban J connectivity index is 2.64. The predicted octanol–water partition coefficient (Wildman–Crippen LogP) is -0.0935. The summed E-state index contributed by atoms with van der Waals surface area (Å²) in [5.41, 5.74) is 0. The maximum absolute atomic E-state index is 12.4. The number of nitrogens with zero attached hydrogens (tertiary/aromatic N) is 1. The van der Waals surface area contributed by atoms with Crippen LogP contribution in [0, 0.1) is 0 Å². The van der Waals surface area contributed by atoms with Gasteiger partial charge in [0.1, 0.15) is 5.25 Å². The SMILES string of the molecule is CC(=O)N1CCC(S(=O)(=O)F)C1. The van der Waals surface area contributed by atoms with Gasteiger partial charge in [0.25, 0.3) is 0 Å². The molecule has 0 aliphatic carbocycles. The highest BCUT2D eigenvalue weighted by Crippen LogP contribution is 2.17. The van der Waals surface area contributed by atoms with Crippen molar-refractivity contribution >= 4 is 16.1 Å². The fourth-order valence-electron chi connectivity index (χ4n) is 1.24. The van der Waals surface area contributed by atoms with Gasteiger partial charge in [0.2, 0.25) is 5.91 Å². The van der Waals surface area contributed by atoms with Crippen LogP contribution in [-0.4, -0.2) is 37.6 Å². The Morgan fingerprint density at radius 1 is 1.58 bits per heavy atom. The summed E-state index contributed by atoms with van der Waals surface area (Å²) in [6.07, 6.45) is 0.207. The lowest BCUT2D eigenvalue weighted by Gasteiger charge is -2.11. The molecule has 1 rings (SSSR count). The topological polar surface area (TPSA) is 54.5 Å². The Kier molecular flexibility index (Phi) is 2.36. The quantitative estimate of drug-likeness (QED) is 0.549. The molecule has 0 aromatic rings. The molecule has 0 radical (unpaired) electrons. The summed E-state index contributed by atoms with van der Waals surface area (Å²) in [6.45, 7) is 1.67. The summed E-state index contributed by atoms with van der Waals surface area (Å²) in [5.74, 6) is -0.207. The number of carbonyl (C=O) groups excluding carboxylic acids is 1. The third kappa shape index (κ3) is 1.94. The first-order chi connectivity index (χ1) is 5.41. The molecule has 1 fully saturated rings. The molecule has 0 bridgehead atoms. The van der Waals surface area contributed by atoms with Crippen molar-refractivity contribution in [3.8, 4) is 0 Å². The summed E-state index contributed by atoms with van der Waals surface area (Å²) in [4.78, 5) is 12.1. The van der Waals surface area contributed by atoms with Gasteiger partial charge in [-0.3, -0.25) is 4.79 Å². The zero-order chi connectivity index (χ0) is 9.35. The van der Waals surface area contributed by atoms with E-state index >= 15 is 0 Å². The van der Waals surface area contributed by atoms with Gasteiger partial charge in [0.15, 0.2) is 0 Å². The highest BCUT2D eigenvalue weighted by atomic mass is 32.3. The molecule has 1 atom stereocenters. The standard InChI is InChI=1S/C6H10FNO3S/c1-5(9)8-3-2-6(4-8)12(7,10)11/h6H,2-4H2,1H3. The Morgan fingerprint density at radius 3 is 2.42 bits per heavy atom. The van der Waals surface area contributed by atoms with Crippen LogP contribution in [0.25, 0.3) is 0 Å². The zero-order valence-corrected chi connectivity index (χ0v) is 7.47. The maximum Gasteiger partial charge on any atom is 0.307 e. The average molecular weight is 195 g/mol. The van der Waals surface area contributed by atoms with Crippen molar-refractivity contribution in [2.24, 2.45) is 0 Å². The first kappa shape index (κ1) is 9.44. The van der Waals surface area contributed by atoms with Gasteiger partial charge in [-0.15, -0.1) is 3.89 Å². The molecule has 0 spiro atoms. The van der Waals surface area contributed by atoms with Crippen LogP contribution >= 0.6 is 0 Å². The summed E-state index contributed by atoms with van der Waals surface area (Å²) < 4.78 is 33.2. The van der Waals surface area contributed by atoms with E-state index in [0.717, 1.165) is 0 Å². The first-order valence-corrected chi connectivity index (χ1v) is 5.05. The fourth-order valence-corrected chi connectivity index (χ4v) is 1.99. The highest BCUT2D eigenvalue weighted by Gasteiger charge is 2.33. The van der Waals surface area contributed by atoms with E-state index in [1.54, 1.807) is 0 Å². The second-order valence-electron chi connectivity index (χ2n) is 2.85. The molecule has 1 unspecified atom stereocenters. The molecular formula is C6H10FNO3S. The summed E-state index contributed by atoms with van der Waals surface area (Å²) in [6, 6.07) is 0. The molecule has 1 heterocycles. The van der Waals surface area contributed by atoms with Gasteiger partial charge < -0.3 is 4.90 Å². The van der Waals surface area contributed by atoms with Gasteiger partial charge in [0, 0.05) is 20.0 Å². The molecule has 6 heteroatoms. The predicted molar refractivity (Wildman–Crippen MR) is 40.7 cm³/mol. The lowest BCUT2D eigenvalue weighted by atomic mass is 10.4. The van der Waals surface area contributed by atoms with Crippen molar-refractivity contribution in [2.45, 2.75) is 18.6 Å². The summed E-state index contributed by atoms with van der Waals surface area (Å²) in [5, 5.41) is -1.01. The normalized spacial score (nSPS) is 24.5. The van der Waals surface area contributed by atoms with E-state index in [0.29, 0.717) is 6.54 Å². The molecule has 4 nitrogen and oxygen atoms in total. The molecule has 1 saturated heterocycles. The highest BCUT2D eigenvalue weighted by molar-refractivity contribution is 7.87. The Hall–Kier alpha value is -0.650. The van der Waals surface area contributed by atoms with Crippen molar-refractivity contribution in [2.75, 3.05) is 13.1 Å². The van der Waals surface area contributed by atoms with Gasteiger partial charge in [-0.1, -0.05) is 0 Å². The lowest BCUT2D eigenvalue weighted by molar-refractivity contribution is -0.127. The number of amides is 1. The number of likely N-dealkylation sites (tertiary alicyclic amines) is 1. The van der Waals surface area contributed by atoms with Crippen LogP contribution in [0.5, 0.6) is 0 Å². The van der Waals surface area contributed by atoms with Crippen LogP contribution in [0.3, 0.4) is 0 Å². The molecular weight excluding hydrogens is 185 g/mol. The van der Waals surface area contributed by atoms with E-state index < -0.39 is 15.5 Å². The van der Waals surface area contributed by atoms with Crippen LogP contribution in [0.15, 0.2) is 0 Å². The van der Waals surface area contributed by atoms with Gasteiger partial charge in [-0.05, 0) is 6.42 Å². The van der Waals surface area contributed by atoms with Gasteiger partial charge in [-0.25, -0.2) is 0 Å². The Morgan fingerprint density at radius 2 is 2.17 bits per heavy atom.